The van der Waals surface area contributed by atoms with Crippen molar-refractivity contribution in [1.82, 2.24) is 9.97 Å². The topological polar surface area (TPSA) is 88.0 Å². The Kier molecular flexibility index (Phi) is 2.65. The van der Waals surface area contributed by atoms with Crippen molar-refractivity contribution in [2.45, 2.75) is 0 Å². The Morgan fingerprint density at radius 3 is 2.79 bits per heavy atom. The Morgan fingerprint density at radius 1 is 1.26 bits per heavy atom. The summed E-state index contributed by atoms with van der Waals surface area (Å²) in [4.78, 5) is 18.2. The van der Waals surface area contributed by atoms with Gasteiger partial charge in [-0.15, -0.1) is 0 Å². The number of rotatable bonds is 1. The molecule has 0 saturated carbocycles. The lowest BCUT2D eigenvalue weighted by atomic mass is 10.2. The molecule has 0 atom stereocenters. The van der Waals surface area contributed by atoms with E-state index in [1.54, 1.807) is 24.3 Å². The predicted molar refractivity (Wildman–Crippen MR) is 66.0 cm³/mol. The first-order valence-electron chi connectivity index (χ1n) is 5.67. The summed E-state index contributed by atoms with van der Waals surface area (Å²) in [5.41, 5.74) is 0.231. The number of nitrogens with one attached hydrogen (secondary N) is 1. The van der Waals surface area contributed by atoms with Gasteiger partial charge in [-0.1, -0.05) is 0 Å². The number of nitrogens with zero attached hydrogens (tertiary/aromatic N) is 2. The largest absolute Gasteiger partial charge is 0.486 e. The van der Waals surface area contributed by atoms with E-state index >= 15 is 0 Å². The van der Waals surface area contributed by atoms with Crippen molar-refractivity contribution in [2.75, 3.05) is 13.2 Å². The van der Waals surface area contributed by atoms with Gasteiger partial charge in [-0.25, -0.2) is 4.98 Å². The first kappa shape index (κ1) is 11.3. The lowest BCUT2D eigenvalue weighted by molar-refractivity contribution is 0.171. The van der Waals surface area contributed by atoms with Crippen LogP contribution >= 0.6 is 0 Å². The summed E-state index contributed by atoms with van der Waals surface area (Å²) >= 11 is 0. The van der Waals surface area contributed by atoms with Crippen molar-refractivity contribution >= 4 is 0 Å². The van der Waals surface area contributed by atoms with Gasteiger partial charge in [0, 0.05) is 5.56 Å². The van der Waals surface area contributed by atoms with E-state index in [2.05, 4.69) is 9.97 Å². The molecule has 19 heavy (non-hydrogen) atoms. The SMILES string of the molecule is N#Cc1cnc(-c2ccc3c(c2)OCCO3)[nH]c1=O. The first-order chi connectivity index (χ1) is 9.28. The van der Waals surface area contributed by atoms with Crippen molar-refractivity contribution < 1.29 is 9.47 Å². The summed E-state index contributed by atoms with van der Waals surface area (Å²) in [6.07, 6.45) is 1.25. The molecule has 6 heteroatoms. The zero-order chi connectivity index (χ0) is 13.2. The number of aromatic amines is 1. The maximum absolute atomic E-state index is 11.6. The third-order valence-electron chi connectivity index (χ3n) is 2.74. The van der Waals surface area contributed by atoms with Crippen LogP contribution in [0.4, 0.5) is 0 Å². The van der Waals surface area contributed by atoms with Crippen LogP contribution in [0.1, 0.15) is 5.56 Å². The molecule has 6 nitrogen and oxygen atoms in total. The molecule has 2 heterocycles. The Labute approximate surface area is 108 Å². The second-order valence-electron chi connectivity index (χ2n) is 3.94. The Hall–Kier alpha value is -2.81. The van der Waals surface area contributed by atoms with Crippen molar-refractivity contribution in [1.29, 1.82) is 5.26 Å². The summed E-state index contributed by atoms with van der Waals surface area (Å²) in [5, 5.41) is 8.69. The van der Waals surface area contributed by atoms with Crippen molar-refractivity contribution in [2.24, 2.45) is 0 Å². The minimum Gasteiger partial charge on any atom is -0.486 e. The maximum atomic E-state index is 11.6. The van der Waals surface area contributed by atoms with Crippen LogP contribution in [0, 0.1) is 11.3 Å². The molecule has 1 aromatic heterocycles. The molecular formula is C13H9N3O3. The quantitative estimate of drug-likeness (QED) is 0.823. The highest BCUT2D eigenvalue weighted by molar-refractivity contribution is 5.61. The van der Waals surface area contributed by atoms with Gasteiger partial charge in [0.2, 0.25) is 0 Å². The van der Waals surface area contributed by atoms with Crippen LogP contribution in [0.2, 0.25) is 0 Å². The maximum Gasteiger partial charge on any atom is 0.269 e. The van der Waals surface area contributed by atoms with Crippen LogP contribution < -0.4 is 15.0 Å². The summed E-state index contributed by atoms with van der Waals surface area (Å²) in [6, 6.07) is 7.06. The minimum atomic E-state index is -0.456. The van der Waals surface area contributed by atoms with Crippen molar-refractivity contribution in [3.05, 3.63) is 40.3 Å². The van der Waals surface area contributed by atoms with Gasteiger partial charge in [0.25, 0.3) is 5.56 Å². The van der Waals surface area contributed by atoms with Crippen LogP contribution in [0.3, 0.4) is 0 Å². The first-order valence-corrected chi connectivity index (χ1v) is 5.67. The molecule has 94 valence electrons. The summed E-state index contributed by atoms with van der Waals surface area (Å²) in [5.74, 6) is 1.68. The fourth-order valence-corrected chi connectivity index (χ4v) is 1.81. The lowest BCUT2D eigenvalue weighted by Gasteiger charge is -2.18. The van der Waals surface area contributed by atoms with Crippen LogP contribution in [0.5, 0.6) is 11.5 Å². The van der Waals surface area contributed by atoms with Gasteiger partial charge in [-0.3, -0.25) is 4.79 Å². The average molecular weight is 255 g/mol. The third-order valence-corrected chi connectivity index (χ3v) is 2.74. The van der Waals surface area contributed by atoms with Crippen LogP contribution in [0.25, 0.3) is 11.4 Å². The molecule has 0 aliphatic carbocycles. The molecule has 1 N–H and O–H groups in total. The van der Waals surface area contributed by atoms with E-state index in [9.17, 15) is 4.79 Å². The van der Waals surface area contributed by atoms with E-state index in [1.807, 2.05) is 0 Å². The van der Waals surface area contributed by atoms with E-state index in [-0.39, 0.29) is 5.56 Å². The predicted octanol–water partition coefficient (Wildman–Crippen LogP) is 1.08. The van der Waals surface area contributed by atoms with Gasteiger partial charge < -0.3 is 14.5 Å². The van der Waals surface area contributed by atoms with E-state index < -0.39 is 5.56 Å². The van der Waals surface area contributed by atoms with Gasteiger partial charge in [0.05, 0.1) is 6.20 Å². The monoisotopic (exact) mass is 255 g/mol. The molecule has 2 aromatic rings. The number of ether oxygens (including phenoxy) is 2. The van der Waals surface area contributed by atoms with E-state index in [0.29, 0.717) is 36.1 Å². The molecule has 0 amide bonds. The lowest BCUT2D eigenvalue weighted by Crippen LogP contribution is -2.15. The molecule has 1 aliphatic rings. The number of nitriles is 1. The van der Waals surface area contributed by atoms with Gasteiger partial charge in [0.15, 0.2) is 11.5 Å². The Morgan fingerprint density at radius 2 is 2.05 bits per heavy atom. The Balaban J connectivity index is 2.05. The zero-order valence-corrected chi connectivity index (χ0v) is 9.84. The molecule has 0 radical (unpaired) electrons. The molecule has 1 aromatic carbocycles. The van der Waals surface area contributed by atoms with Gasteiger partial charge in [0.1, 0.15) is 30.7 Å². The van der Waals surface area contributed by atoms with E-state index in [0.717, 1.165) is 0 Å². The van der Waals surface area contributed by atoms with Crippen LogP contribution in [-0.2, 0) is 0 Å². The number of hydrogen-bond donors (Lipinski definition) is 1. The minimum absolute atomic E-state index is 0.0127. The normalized spacial score (nSPS) is 12.8. The molecule has 1 aliphatic heterocycles. The summed E-state index contributed by atoms with van der Waals surface area (Å²) < 4.78 is 10.9. The number of fused-ring (bicyclic) bond motifs is 1. The molecule has 0 fully saturated rings. The third kappa shape index (κ3) is 2.02. The second-order valence-corrected chi connectivity index (χ2v) is 3.94. The molecule has 0 unspecified atom stereocenters. The van der Waals surface area contributed by atoms with Crippen LogP contribution in [-0.4, -0.2) is 23.2 Å². The zero-order valence-electron chi connectivity index (χ0n) is 9.84. The van der Waals surface area contributed by atoms with E-state index in [1.165, 1.54) is 6.20 Å². The van der Waals surface area contributed by atoms with Gasteiger partial charge in [-0.05, 0) is 18.2 Å². The molecular weight excluding hydrogens is 246 g/mol. The average Bonchev–Trinajstić information content (AvgIpc) is 2.46. The van der Waals surface area contributed by atoms with Gasteiger partial charge >= 0.3 is 0 Å². The Bertz CT molecular complexity index is 731. The molecule has 0 saturated heterocycles. The smallest absolute Gasteiger partial charge is 0.269 e. The second kappa shape index (κ2) is 4.46. The highest BCUT2D eigenvalue weighted by Crippen LogP contribution is 2.33. The molecule has 0 bridgehead atoms. The summed E-state index contributed by atoms with van der Waals surface area (Å²) in [7, 11) is 0. The van der Waals surface area contributed by atoms with Crippen molar-refractivity contribution in [3.63, 3.8) is 0 Å². The molecule has 3 rings (SSSR count). The highest BCUT2D eigenvalue weighted by atomic mass is 16.6. The number of aromatic nitrogens is 2. The van der Waals surface area contributed by atoms with E-state index in [4.69, 9.17) is 14.7 Å². The summed E-state index contributed by atoms with van der Waals surface area (Å²) in [6.45, 7) is 1.02. The van der Waals surface area contributed by atoms with Gasteiger partial charge in [-0.2, -0.15) is 5.26 Å². The fourth-order valence-electron chi connectivity index (χ4n) is 1.81. The number of hydrogen-bond acceptors (Lipinski definition) is 5. The standard InChI is InChI=1S/C13H9N3O3/c14-6-9-7-15-12(16-13(9)17)8-1-2-10-11(5-8)19-4-3-18-10/h1-2,5,7H,3-4H2,(H,15,16,17). The number of H-pyrrole nitrogens is 1. The molecule has 0 spiro atoms. The highest BCUT2D eigenvalue weighted by Gasteiger charge is 2.13. The van der Waals surface area contributed by atoms with Crippen molar-refractivity contribution in [3.8, 4) is 29.0 Å². The fraction of sp³-hybridized carbons (Fsp3) is 0.154. The number of benzene rings is 1. The van der Waals surface area contributed by atoms with Crippen LogP contribution in [0.15, 0.2) is 29.2 Å².